The fourth-order valence-corrected chi connectivity index (χ4v) is 3.12. The van der Waals surface area contributed by atoms with E-state index in [9.17, 15) is 0 Å². The van der Waals surface area contributed by atoms with Gasteiger partial charge in [-0.25, -0.2) is 4.98 Å². The van der Waals surface area contributed by atoms with Crippen molar-refractivity contribution in [2.45, 2.75) is 25.8 Å². The number of methoxy groups -OCH3 is 1. The van der Waals surface area contributed by atoms with Crippen molar-refractivity contribution in [2.24, 2.45) is 5.92 Å². The van der Waals surface area contributed by atoms with Crippen LogP contribution in [-0.2, 0) is 11.3 Å². The largest absolute Gasteiger partial charge is 0.383 e. The van der Waals surface area contributed by atoms with E-state index in [0.717, 1.165) is 38.0 Å². The summed E-state index contributed by atoms with van der Waals surface area (Å²) in [6.07, 6.45) is 5.99. The average molecular weight is 320 g/mol. The first-order valence-corrected chi connectivity index (χ1v) is 8.75. The molecule has 1 aliphatic rings. The summed E-state index contributed by atoms with van der Waals surface area (Å²) in [5.41, 5.74) is 1.31. The van der Waals surface area contributed by atoms with Crippen molar-refractivity contribution in [3.05, 3.63) is 23.9 Å². The van der Waals surface area contributed by atoms with Gasteiger partial charge in [-0.1, -0.05) is 6.07 Å². The van der Waals surface area contributed by atoms with Crippen LogP contribution in [0, 0.1) is 5.92 Å². The normalized spacial score (nSPS) is 16.7. The quantitative estimate of drug-likeness (QED) is 0.753. The van der Waals surface area contributed by atoms with E-state index < -0.39 is 0 Å². The van der Waals surface area contributed by atoms with Gasteiger partial charge in [0.1, 0.15) is 5.82 Å². The van der Waals surface area contributed by atoms with Gasteiger partial charge in [0.2, 0.25) is 0 Å². The fraction of sp³-hybridized carbons (Fsp3) is 0.722. The van der Waals surface area contributed by atoms with Crippen LogP contribution in [0.5, 0.6) is 0 Å². The second-order valence-electron chi connectivity index (χ2n) is 6.55. The summed E-state index contributed by atoms with van der Waals surface area (Å²) in [6, 6.07) is 4.32. The Balaban J connectivity index is 1.76. The molecule has 1 saturated heterocycles. The van der Waals surface area contributed by atoms with E-state index >= 15 is 0 Å². The highest BCUT2D eigenvalue weighted by molar-refractivity contribution is 5.38. The fourth-order valence-electron chi connectivity index (χ4n) is 3.12. The number of hydrogen-bond acceptors (Lipinski definition) is 5. The Bertz CT molecular complexity index is 429. The van der Waals surface area contributed by atoms with Crippen LogP contribution >= 0.6 is 0 Å². The van der Waals surface area contributed by atoms with E-state index in [2.05, 4.69) is 39.3 Å². The van der Waals surface area contributed by atoms with Crippen LogP contribution in [0.25, 0.3) is 0 Å². The summed E-state index contributed by atoms with van der Waals surface area (Å²) < 4.78 is 5.11. The predicted octanol–water partition coefficient (Wildman–Crippen LogP) is 1.99. The van der Waals surface area contributed by atoms with Gasteiger partial charge in [-0.05, 0) is 63.5 Å². The topological polar surface area (TPSA) is 40.6 Å². The highest BCUT2D eigenvalue weighted by Crippen LogP contribution is 2.21. The number of nitrogens with one attached hydrogen (secondary N) is 1. The summed E-state index contributed by atoms with van der Waals surface area (Å²) in [6.45, 7) is 6.18. The molecule has 1 N–H and O–H groups in total. The molecule has 5 nitrogen and oxygen atoms in total. The lowest BCUT2D eigenvalue weighted by Crippen LogP contribution is -2.34. The number of pyridine rings is 1. The average Bonchev–Trinajstić information content (AvgIpc) is 2.59. The van der Waals surface area contributed by atoms with Crippen LogP contribution in [0.2, 0.25) is 0 Å². The van der Waals surface area contributed by atoms with E-state index in [0.29, 0.717) is 0 Å². The lowest BCUT2D eigenvalue weighted by molar-refractivity contribution is 0.172. The van der Waals surface area contributed by atoms with Crippen LogP contribution in [0.1, 0.15) is 24.8 Å². The molecule has 0 amide bonds. The Morgan fingerprint density at radius 2 is 2.13 bits per heavy atom. The van der Waals surface area contributed by atoms with E-state index in [-0.39, 0.29) is 0 Å². The van der Waals surface area contributed by atoms with Crippen LogP contribution in [0.15, 0.2) is 18.3 Å². The standard InChI is InChI=1S/C18H32N4O/c1-19-9-6-16-7-10-22(11-8-16)15-17-4-5-18(20-14-17)21(2)12-13-23-3/h4-5,14,16,19H,6-13,15H2,1-3H3. The van der Waals surface area contributed by atoms with Gasteiger partial charge in [0.25, 0.3) is 0 Å². The molecule has 1 aliphatic heterocycles. The molecule has 0 saturated carbocycles. The minimum atomic E-state index is 0.725. The molecular weight excluding hydrogens is 288 g/mol. The maximum Gasteiger partial charge on any atom is 0.128 e. The SMILES string of the molecule is CNCCC1CCN(Cc2ccc(N(C)CCOC)nc2)CC1. The van der Waals surface area contributed by atoms with Gasteiger partial charge >= 0.3 is 0 Å². The van der Waals surface area contributed by atoms with Gasteiger partial charge in [0.15, 0.2) is 0 Å². The number of aromatic nitrogens is 1. The maximum atomic E-state index is 5.11. The third-order valence-corrected chi connectivity index (χ3v) is 4.75. The molecule has 0 bridgehead atoms. The lowest BCUT2D eigenvalue weighted by atomic mass is 9.93. The summed E-state index contributed by atoms with van der Waals surface area (Å²) in [5, 5.41) is 3.26. The summed E-state index contributed by atoms with van der Waals surface area (Å²) >= 11 is 0. The zero-order valence-electron chi connectivity index (χ0n) is 14.9. The Labute approximate surface area is 141 Å². The van der Waals surface area contributed by atoms with Crippen LogP contribution in [0.3, 0.4) is 0 Å². The van der Waals surface area contributed by atoms with Gasteiger partial charge < -0.3 is 15.0 Å². The number of likely N-dealkylation sites (tertiary alicyclic amines) is 1. The first kappa shape index (κ1) is 18.2. The molecule has 0 radical (unpaired) electrons. The lowest BCUT2D eigenvalue weighted by Gasteiger charge is -2.32. The minimum Gasteiger partial charge on any atom is -0.383 e. The molecule has 5 heteroatoms. The van der Waals surface area contributed by atoms with E-state index in [1.54, 1.807) is 7.11 Å². The van der Waals surface area contributed by atoms with Crippen molar-refractivity contribution >= 4 is 5.82 Å². The smallest absolute Gasteiger partial charge is 0.128 e. The van der Waals surface area contributed by atoms with E-state index in [4.69, 9.17) is 4.74 Å². The van der Waals surface area contributed by atoms with E-state index in [1.165, 1.54) is 37.9 Å². The number of piperidine rings is 1. The Hall–Kier alpha value is -1.17. The predicted molar refractivity (Wildman–Crippen MR) is 95.9 cm³/mol. The third-order valence-electron chi connectivity index (χ3n) is 4.75. The van der Waals surface area contributed by atoms with Gasteiger partial charge in [0.05, 0.1) is 6.61 Å². The molecule has 0 spiro atoms. The number of ether oxygens (including phenoxy) is 1. The number of hydrogen-bond donors (Lipinski definition) is 1. The van der Waals surface area contributed by atoms with Gasteiger partial charge in [-0.15, -0.1) is 0 Å². The molecule has 0 atom stereocenters. The van der Waals surface area contributed by atoms with Crippen molar-refractivity contribution in [1.29, 1.82) is 0 Å². The number of nitrogens with zero attached hydrogens (tertiary/aromatic N) is 3. The molecule has 130 valence electrons. The second kappa shape index (κ2) is 9.85. The highest BCUT2D eigenvalue weighted by Gasteiger charge is 2.18. The van der Waals surface area contributed by atoms with Crippen molar-refractivity contribution in [3.8, 4) is 0 Å². The molecule has 2 heterocycles. The molecule has 1 aromatic rings. The Morgan fingerprint density at radius 1 is 1.35 bits per heavy atom. The summed E-state index contributed by atoms with van der Waals surface area (Å²) in [5.74, 6) is 1.91. The Morgan fingerprint density at radius 3 is 2.74 bits per heavy atom. The van der Waals surface area contributed by atoms with Crippen LogP contribution < -0.4 is 10.2 Å². The summed E-state index contributed by atoms with van der Waals surface area (Å²) in [4.78, 5) is 9.27. The highest BCUT2D eigenvalue weighted by atomic mass is 16.5. The number of anilines is 1. The second-order valence-corrected chi connectivity index (χ2v) is 6.55. The first-order valence-electron chi connectivity index (χ1n) is 8.75. The molecule has 1 aromatic heterocycles. The van der Waals surface area contributed by atoms with Crippen molar-refractivity contribution in [2.75, 3.05) is 58.9 Å². The van der Waals surface area contributed by atoms with Gasteiger partial charge in [0, 0.05) is 33.4 Å². The molecular formula is C18H32N4O. The number of rotatable bonds is 9. The molecule has 1 fully saturated rings. The zero-order chi connectivity index (χ0) is 16.5. The van der Waals surface area contributed by atoms with Gasteiger partial charge in [-0.3, -0.25) is 4.90 Å². The molecule has 0 aromatic carbocycles. The molecule has 2 rings (SSSR count). The van der Waals surface area contributed by atoms with Crippen molar-refractivity contribution in [3.63, 3.8) is 0 Å². The van der Waals surface area contributed by atoms with Crippen LogP contribution in [-0.4, -0.2) is 63.9 Å². The summed E-state index contributed by atoms with van der Waals surface area (Å²) in [7, 11) is 5.82. The zero-order valence-corrected chi connectivity index (χ0v) is 14.9. The first-order chi connectivity index (χ1) is 11.2. The molecule has 23 heavy (non-hydrogen) atoms. The Kier molecular flexibility index (Phi) is 7.79. The molecule has 0 aliphatic carbocycles. The maximum absolute atomic E-state index is 5.11. The minimum absolute atomic E-state index is 0.725. The monoisotopic (exact) mass is 320 g/mol. The number of likely N-dealkylation sites (N-methyl/N-ethyl adjacent to an activating group) is 1. The van der Waals surface area contributed by atoms with Gasteiger partial charge in [-0.2, -0.15) is 0 Å². The van der Waals surface area contributed by atoms with Crippen LogP contribution in [0.4, 0.5) is 5.82 Å². The third kappa shape index (κ3) is 6.09. The van der Waals surface area contributed by atoms with E-state index in [1.807, 2.05) is 13.2 Å². The van der Waals surface area contributed by atoms with Crippen molar-refractivity contribution in [1.82, 2.24) is 15.2 Å². The molecule has 0 unspecified atom stereocenters. The van der Waals surface area contributed by atoms with Crippen molar-refractivity contribution < 1.29 is 4.74 Å².